The Bertz CT molecular complexity index is 383. The monoisotopic (exact) mass is 294 g/mol. The Hall–Kier alpha value is -0.290. The van der Waals surface area contributed by atoms with Crippen molar-refractivity contribution in [2.45, 2.75) is 31.8 Å². The molecule has 0 radical (unpaired) electrons. The first-order chi connectivity index (χ1) is 7.65. The molecule has 1 heterocycles. The van der Waals surface area contributed by atoms with Gasteiger partial charge in [-0.05, 0) is 31.4 Å². The third-order valence-electron chi connectivity index (χ3n) is 2.91. The molecule has 0 spiro atoms. The summed E-state index contributed by atoms with van der Waals surface area (Å²) in [7, 11) is 0. The molecule has 17 heavy (non-hydrogen) atoms. The molecule has 6 heteroatoms. The molecule has 1 aromatic rings. The highest BCUT2D eigenvalue weighted by molar-refractivity contribution is 7.16. The second-order valence-corrected chi connectivity index (χ2v) is 5.99. The molecule has 0 saturated heterocycles. The normalized spacial score (nSPS) is 23.2. The molecule has 1 amide bonds. The number of hydrogen-bond donors (Lipinski definition) is 2. The van der Waals surface area contributed by atoms with Crippen LogP contribution in [0.1, 0.15) is 24.1 Å². The minimum absolute atomic E-state index is 0. The molecule has 2 atom stereocenters. The Labute approximate surface area is 116 Å². The van der Waals surface area contributed by atoms with Crippen molar-refractivity contribution < 1.29 is 4.79 Å². The highest BCUT2D eigenvalue weighted by Crippen LogP contribution is 2.25. The molecule has 1 fully saturated rings. The topological polar surface area (TPSA) is 55.1 Å². The number of thiophene rings is 1. The molecule has 1 aliphatic carbocycles. The summed E-state index contributed by atoms with van der Waals surface area (Å²) in [6.45, 7) is 0.571. The SMILES string of the molecule is Cl.NC1CCC(C(=O)NCc2ccc(Cl)s2)C1. The fourth-order valence-corrected chi connectivity index (χ4v) is 3.05. The number of halogens is 2. The third-order valence-corrected chi connectivity index (χ3v) is 4.14. The van der Waals surface area contributed by atoms with Gasteiger partial charge in [-0.25, -0.2) is 0 Å². The van der Waals surface area contributed by atoms with Crippen molar-refractivity contribution in [3.05, 3.63) is 21.3 Å². The Morgan fingerprint density at radius 2 is 2.29 bits per heavy atom. The lowest BCUT2D eigenvalue weighted by Crippen LogP contribution is -2.29. The zero-order chi connectivity index (χ0) is 11.5. The van der Waals surface area contributed by atoms with E-state index in [2.05, 4.69) is 5.32 Å². The second kappa shape index (κ2) is 6.59. The van der Waals surface area contributed by atoms with Crippen molar-refractivity contribution in [1.82, 2.24) is 5.32 Å². The number of carbonyl (C=O) groups is 1. The molecule has 2 rings (SSSR count). The molecule has 96 valence electrons. The van der Waals surface area contributed by atoms with E-state index in [9.17, 15) is 4.79 Å². The molecule has 0 aliphatic heterocycles. The first kappa shape index (κ1) is 14.8. The van der Waals surface area contributed by atoms with Gasteiger partial charge in [-0.15, -0.1) is 23.7 Å². The quantitative estimate of drug-likeness (QED) is 0.900. The minimum Gasteiger partial charge on any atom is -0.351 e. The zero-order valence-corrected chi connectivity index (χ0v) is 11.7. The Morgan fingerprint density at radius 1 is 1.53 bits per heavy atom. The van der Waals surface area contributed by atoms with Crippen LogP contribution in [-0.4, -0.2) is 11.9 Å². The summed E-state index contributed by atoms with van der Waals surface area (Å²) in [6, 6.07) is 3.99. The lowest BCUT2D eigenvalue weighted by Gasteiger charge is -2.09. The van der Waals surface area contributed by atoms with Crippen LogP contribution in [0.5, 0.6) is 0 Å². The van der Waals surface area contributed by atoms with Gasteiger partial charge in [-0.2, -0.15) is 0 Å². The van der Waals surface area contributed by atoms with Gasteiger partial charge in [0, 0.05) is 16.8 Å². The van der Waals surface area contributed by atoms with Gasteiger partial charge in [0.05, 0.1) is 10.9 Å². The first-order valence-corrected chi connectivity index (χ1v) is 6.62. The molecule has 0 aromatic carbocycles. The predicted octanol–water partition coefficient (Wildman–Crippen LogP) is 2.57. The highest BCUT2D eigenvalue weighted by Gasteiger charge is 2.27. The van der Waals surface area contributed by atoms with Gasteiger partial charge in [-0.3, -0.25) is 4.79 Å². The second-order valence-electron chi connectivity index (χ2n) is 4.19. The smallest absolute Gasteiger partial charge is 0.223 e. The standard InChI is InChI=1S/C11H15ClN2OS.ClH/c12-10-4-3-9(16-10)6-14-11(15)7-1-2-8(13)5-7;/h3-4,7-8H,1-2,5-6,13H2,(H,14,15);1H. The molecule has 1 saturated carbocycles. The Kier molecular flexibility index (Phi) is 5.73. The molecule has 1 aromatic heterocycles. The average Bonchev–Trinajstić information content (AvgIpc) is 2.84. The van der Waals surface area contributed by atoms with Crippen molar-refractivity contribution in [2.24, 2.45) is 11.7 Å². The van der Waals surface area contributed by atoms with E-state index in [0.29, 0.717) is 6.54 Å². The van der Waals surface area contributed by atoms with E-state index in [1.165, 1.54) is 11.3 Å². The van der Waals surface area contributed by atoms with Crippen LogP contribution in [0.25, 0.3) is 0 Å². The molecule has 0 bridgehead atoms. The van der Waals surface area contributed by atoms with E-state index in [1.54, 1.807) is 0 Å². The van der Waals surface area contributed by atoms with Crippen LogP contribution in [0.4, 0.5) is 0 Å². The van der Waals surface area contributed by atoms with E-state index in [0.717, 1.165) is 28.5 Å². The number of rotatable bonds is 3. The van der Waals surface area contributed by atoms with E-state index >= 15 is 0 Å². The summed E-state index contributed by atoms with van der Waals surface area (Å²) in [5.74, 6) is 0.225. The van der Waals surface area contributed by atoms with Gasteiger partial charge in [0.2, 0.25) is 5.91 Å². The third kappa shape index (κ3) is 4.14. The van der Waals surface area contributed by atoms with Gasteiger partial charge < -0.3 is 11.1 Å². The average molecular weight is 295 g/mol. The molecule has 3 N–H and O–H groups in total. The number of amides is 1. The maximum absolute atomic E-state index is 11.8. The first-order valence-electron chi connectivity index (χ1n) is 5.42. The Balaban J connectivity index is 0.00000144. The van der Waals surface area contributed by atoms with Gasteiger partial charge in [-0.1, -0.05) is 11.6 Å². The zero-order valence-electron chi connectivity index (χ0n) is 9.32. The highest BCUT2D eigenvalue weighted by atomic mass is 35.5. The van der Waals surface area contributed by atoms with Crippen molar-refractivity contribution >= 4 is 41.3 Å². The lowest BCUT2D eigenvalue weighted by molar-refractivity contribution is -0.124. The fraction of sp³-hybridized carbons (Fsp3) is 0.545. The summed E-state index contributed by atoms with van der Waals surface area (Å²) >= 11 is 7.31. The van der Waals surface area contributed by atoms with E-state index < -0.39 is 0 Å². The lowest BCUT2D eigenvalue weighted by atomic mass is 10.1. The molecular weight excluding hydrogens is 279 g/mol. The molecular formula is C11H16Cl2N2OS. The largest absolute Gasteiger partial charge is 0.351 e. The summed E-state index contributed by atoms with van der Waals surface area (Å²) < 4.78 is 0.757. The predicted molar refractivity (Wildman–Crippen MR) is 73.7 cm³/mol. The van der Waals surface area contributed by atoms with Crippen molar-refractivity contribution in [3.8, 4) is 0 Å². The number of carbonyl (C=O) groups excluding carboxylic acids is 1. The number of nitrogens with one attached hydrogen (secondary N) is 1. The van der Waals surface area contributed by atoms with E-state index in [-0.39, 0.29) is 30.3 Å². The maximum atomic E-state index is 11.8. The Morgan fingerprint density at radius 3 is 2.82 bits per heavy atom. The van der Waals surface area contributed by atoms with Gasteiger partial charge in [0.1, 0.15) is 0 Å². The summed E-state index contributed by atoms with van der Waals surface area (Å²) in [5.41, 5.74) is 5.78. The maximum Gasteiger partial charge on any atom is 0.223 e. The van der Waals surface area contributed by atoms with Crippen LogP contribution < -0.4 is 11.1 Å². The number of nitrogens with two attached hydrogens (primary N) is 1. The molecule has 3 nitrogen and oxygen atoms in total. The van der Waals surface area contributed by atoms with Crippen LogP contribution in [0.2, 0.25) is 4.34 Å². The van der Waals surface area contributed by atoms with Gasteiger partial charge >= 0.3 is 0 Å². The summed E-state index contributed by atoms with van der Waals surface area (Å²) in [5, 5.41) is 2.93. The summed E-state index contributed by atoms with van der Waals surface area (Å²) in [6.07, 6.45) is 2.69. The van der Waals surface area contributed by atoms with Crippen LogP contribution >= 0.6 is 35.3 Å². The van der Waals surface area contributed by atoms with E-state index in [1.807, 2.05) is 12.1 Å². The van der Waals surface area contributed by atoms with Gasteiger partial charge in [0.15, 0.2) is 0 Å². The van der Waals surface area contributed by atoms with Gasteiger partial charge in [0.25, 0.3) is 0 Å². The van der Waals surface area contributed by atoms with Crippen molar-refractivity contribution in [1.29, 1.82) is 0 Å². The van der Waals surface area contributed by atoms with Crippen LogP contribution in [0.3, 0.4) is 0 Å². The fourth-order valence-electron chi connectivity index (χ4n) is 2.02. The van der Waals surface area contributed by atoms with Crippen LogP contribution in [0.15, 0.2) is 12.1 Å². The van der Waals surface area contributed by atoms with E-state index in [4.69, 9.17) is 17.3 Å². The molecule has 1 aliphatic rings. The molecule has 2 unspecified atom stereocenters. The number of hydrogen-bond acceptors (Lipinski definition) is 3. The van der Waals surface area contributed by atoms with Crippen LogP contribution in [0, 0.1) is 5.92 Å². The van der Waals surface area contributed by atoms with Crippen molar-refractivity contribution in [3.63, 3.8) is 0 Å². The minimum atomic E-state index is 0. The summed E-state index contributed by atoms with van der Waals surface area (Å²) in [4.78, 5) is 12.9. The van der Waals surface area contributed by atoms with Crippen LogP contribution in [-0.2, 0) is 11.3 Å². The van der Waals surface area contributed by atoms with Crippen molar-refractivity contribution in [2.75, 3.05) is 0 Å².